The van der Waals surface area contributed by atoms with Gasteiger partial charge in [-0.05, 0) is 38.5 Å². The van der Waals surface area contributed by atoms with Gasteiger partial charge in [0.25, 0.3) is 0 Å². The van der Waals surface area contributed by atoms with E-state index in [4.69, 9.17) is 5.11 Å². The number of allylic oxidation sites excluding steroid dienone is 2. The highest BCUT2D eigenvalue weighted by molar-refractivity contribution is 5.66. The highest BCUT2D eigenvalue weighted by Crippen LogP contribution is 2.25. The summed E-state index contributed by atoms with van der Waals surface area (Å²) in [6.07, 6.45) is 33.2. The number of rotatable bonds is 30. The van der Waals surface area contributed by atoms with E-state index >= 15 is 0 Å². The minimum Gasteiger partial charge on any atom is -0.481 e. The van der Waals surface area contributed by atoms with Gasteiger partial charge in [-0.1, -0.05) is 142 Å². The maximum atomic E-state index is 10.3. The molecule has 0 aliphatic heterocycles. The summed E-state index contributed by atoms with van der Waals surface area (Å²) in [5.74, 6) is -0.664. The van der Waals surface area contributed by atoms with Gasteiger partial charge in [0.15, 0.2) is 0 Å². The number of unbranched alkanes of at least 4 members (excludes halogenated alkanes) is 20. The van der Waals surface area contributed by atoms with Crippen LogP contribution in [0, 0.1) is 5.41 Å². The Hall–Kier alpha value is -0.950. The predicted molar refractivity (Wildman–Crippen MR) is 173 cm³/mol. The first-order valence-corrected chi connectivity index (χ1v) is 17.3. The number of aliphatic hydroxyl groups is 4. The summed E-state index contributed by atoms with van der Waals surface area (Å²) in [5, 5.41) is 46.2. The number of hydrogen-bond donors (Lipinski definition) is 5. The Morgan fingerprint density at radius 2 is 0.902 bits per heavy atom. The molecule has 0 rings (SSSR count). The fraction of sp³-hybridized carbons (Fsp3) is 0.914. The molecular formula is C35H70O6. The number of carbonyl (C=O) groups is 1. The first kappa shape index (κ1) is 42.2. The van der Waals surface area contributed by atoms with E-state index in [0.29, 0.717) is 12.8 Å². The van der Waals surface area contributed by atoms with Crippen molar-refractivity contribution in [2.24, 2.45) is 5.41 Å². The first-order chi connectivity index (χ1) is 19.9. The Bertz CT molecular complexity index is 539. The van der Waals surface area contributed by atoms with Crippen molar-refractivity contribution in [1.29, 1.82) is 0 Å². The molecule has 0 aromatic carbocycles. The van der Waals surface area contributed by atoms with Crippen molar-refractivity contribution < 1.29 is 30.3 Å². The molecule has 0 amide bonds. The van der Waals surface area contributed by atoms with E-state index in [-0.39, 0.29) is 19.8 Å². The molecule has 0 bridgehead atoms. The van der Waals surface area contributed by atoms with Crippen LogP contribution >= 0.6 is 0 Å². The minimum atomic E-state index is -1.15. The fourth-order valence-corrected chi connectivity index (χ4v) is 4.94. The van der Waals surface area contributed by atoms with Crippen LogP contribution in [0.1, 0.15) is 174 Å². The van der Waals surface area contributed by atoms with Crippen LogP contribution in [0.3, 0.4) is 0 Å². The lowest BCUT2D eigenvalue weighted by Gasteiger charge is -2.32. The van der Waals surface area contributed by atoms with E-state index in [9.17, 15) is 25.2 Å². The molecule has 0 heterocycles. The van der Waals surface area contributed by atoms with Gasteiger partial charge in [-0.2, -0.15) is 0 Å². The normalized spacial score (nSPS) is 12.4. The van der Waals surface area contributed by atoms with Crippen molar-refractivity contribution in [3.8, 4) is 0 Å². The van der Waals surface area contributed by atoms with Crippen LogP contribution in [0.4, 0.5) is 0 Å². The second-order valence-electron chi connectivity index (χ2n) is 12.1. The van der Waals surface area contributed by atoms with Crippen LogP contribution in [-0.2, 0) is 4.79 Å². The van der Waals surface area contributed by atoms with Crippen LogP contribution in [0.25, 0.3) is 0 Å². The molecule has 0 radical (unpaired) electrons. The number of hydrogen-bond acceptors (Lipinski definition) is 5. The Kier molecular flexibility index (Phi) is 34.5. The third-order valence-electron chi connectivity index (χ3n) is 8.14. The van der Waals surface area contributed by atoms with Gasteiger partial charge >= 0.3 is 5.97 Å². The van der Waals surface area contributed by atoms with Crippen molar-refractivity contribution in [3.63, 3.8) is 0 Å². The van der Waals surface area contributed by atoms with E-state index < -0.39 is 17.5 Å². The van der Waals surface area contributed by atoms with Gasteiger partial charge in [0.2, 0.25) is 0 Å². The molecular weight excluding hydrogens is 516 g/mol. The molecule has 0 aliphatic carbocycles. The maximum Gasteiger partial charge on any atom is 0.303 e. The smallest absolute Gasteiger partial charge is 0.303 e. The van der Waals surface area contributed by atoms with Crippen LogP contribution in [0.15, 0.2) is 12.2 Å². The van der Waals surface area contributed by atoms with E-state index in [2.05, 4.69) is 26.0 Å². The van der Waals surface area contributed by atoms with Gasteiger partial charge < -0.3 is 25.5 Å². The van der Waals surface area contributed by atoms with Gasteiger partial charge in [0, 0.05) is 6.42 Å². The molecule has 0 aromatic rings. The highest BCUT2D eigenvalue weighted by atomic mass is 16.4. The van der Waals surface area contributed by atoms with Crippen LogP contribution in [0.5, 0.6) is 0 Å². The molecule has 0 spiro atoms. The van der Waals surface area contributed by atoms with Gasteiger partial charge in [0.1, 0.15) is 0 Å². The van der Waals surface area contributed by atoms with Crippen molar-refractivity contribution in [1.82, 2.24) is 0 Å². The Labute approximate surface area is 254 Å². The Morgan fingerprint density at radius 1 is 0.561 bits per heavy atom. The van der Waals surface area contributed by atoms with E-state index in [1.54, 1.807) is 0 Å². The zero-order valence-electron chi connectivity index (χ0n) is 27.2. The number of aliphatic hydroxyl groups excluding tert-OH is 4. The number of carboxylic acid groups (broad SMARTS) is 1. The van der Waals surface area contributed by atoms with Crippen LogP contribution in [0.2, 0.25) is 0 Å². The molecule has 0 saturated heterocycles. The number of aliphatic carboxylic acids is 1. The van der Waals surface area contributed by atoms with Crippen molar-refractivity contribution in [2.45, 2.75) is 180 Å². The van der Waals surface area contributed by atoms with E-state index in [0.717, 1.165) is 25.7 Å². The third-order valence-corrected chi connectivity index (χ3v) is 8.14. The molecule has 5 N–H and O–H groups in total. The standard InChI is InChI=1S/C18H34O2.C17H36O4/c1-2-3-4-5-6-7-8-9-10-11-12-13-14-15-16-17-18(19)20;1-2-3-4-5-6-7-8-9-10-11-12-16(21)17(13-18,14-19)15-20/h9-10H,2-8,11-17H2,1H3,(H,19,20);16,18-21H,2-15H2,1H3/b10-9-;. The zero-order valence-corrected chi connectivity index (χ0v) is 27.2. The molecule has 41 heavy (non-hydrogen) atoms. The lowest BCUT2D eigenvalue weighted by molar-refractivity contribution is -0.137. The first-order valence-electron chi connectivity index (χ1n) is 17.3. The Balaban J connectivity index is 0. The van der Waals surface area contributed by atoms with Gasteiger partial charge in [-0.25, -0.2) is 0 Å². The number of carboxylic acids is 1. The monoisotopic (exact) mass is 587 g/mol. The zero-order chi connectivity index (χ0) is 30.9. The molecule has 1 unspecified atom stereocenters. The Morgan fingerprint density at radius 3 is 1.27 bits per heavy atom. The molecule has 0 aromatic heterocycles. The average Bonchev–Trinajstić information content (AvgIpc) is 2.97. The van der Waals surface area contributed by atoms with Gasteiger partial charge in [-0.3, -0.25) is 4.79 Å². The molecule has 0 fully saturated rings. The quantitative estimate of drug-likeness (QED) is 0.0424. The summed E-state index contributed by atoms with van der Waals surface area (Å²) in [6.45, 7) is 3.32. The second-order valence-corrected chi connectivity index (χ2v) is 12.1. The summed E-state index contributed by atoms with van der Waals surface area (Å²) in [5.41, 5.74) is -1.15. The summed E-state index contributed by atoms with van der Waals surface area (Å²) < 4.78 is 0. The molecule has 0 aliphatic rings. The molecule has 6 heteroatoms. The van der Waals surface area contributed by atoms with Crippen molar-refractivity contribution in [2.75, 3.05) is 19.8 Å². The molecule has 6 nitrogen and oxygen atoms in total. The third kappa shape index (κ3) is 28.9. The van der Waals surface area contributed by atoms with Gasteiger partial charge in [0.05, 0.1) is 31.3 Å². The van der Waals surface area contributed by atoms with Crippen LogP contribution < -0.4 is 0 Å². The second kappa shape index (κ2) is 33.6. The lowest BCUT2D eigenvalue weighted by atomic mass is 9.82. The largest absolute Gasteiger partial charge is 0.481 e. The van der Waals surface area contributed by atoms with E-state index in [1.165, 1.54) is 122 Å². The highest BCUT2D eigenvalue weighted by Gasteiger charge is 2.36. The topological polar surface area (TPSA) is 118 Å². The maximum absolute atomic E-state index is 10.3. The fourth-order valence-electron chi connectivity index (χ4n) is 4.94. The average molecular weight is 587 g/mol. The minimum absolute atomic E-state index is 0.332. The van der Waals surface area contributed by atoms with E-state index in [1.807, 2.05) is 0 Å². The van der Waals surface area contributed by atoms with Crippen molar-refractivity contribution in [3.05, 3.63) is 12.2 Å². The van der Waals surface area contributed by atoms with Gasteiger partial charge in [-0.15, -0.1) is 0 Å². The lowest BCUT2D eigenvalue weighted by Crippen LogP contribution is -2.45. The summed E-state index contributed by atoms with van der Waals surface area (Å²) in [6, 6.07) is 0. The van der Waals surface area contributed by atoms with Crippen LogP contribution in [-0.4, -0.2) is 57.4 Å². The predicted octanol–water partition coefficient (Wildman–Crippen LogP) is 8.73. The molecule has 0 saturated carbocycles. The summed E-state index contributed by atoms with van der Waals surface area (Å²) in [7, 11) is 0. The summed E-state index contributed by atoms with van der Waals surface area (Å²) in [4.78, 5) is 10.3. The molecule has 1 atom stereocenters. The van der Waals surface area contributed by atoms with Crippen molar-refractivity contribution >= 4 is 5.97 Å². The SMILES string of the molecule is CCCCCCCC/C=C\CCCCCCCC(=O)O.CCCCCCCCCCCCC(O)C(CO)(CO)CO. The summed E-state index contributed by atoms with van der Waals surface area (Å²) >= 11 is 0. The molecule has 246 valence electrons.